The van der Waals surface area contributed by atoms with Gasteiger partial charge in [0.2, 0.25) is 0 Å². The van der Waals surface area contributed by atoms with Crippen molar-refractivity contribution in [2.45, 2.75) is 26.3 Å². The first kappa shape index (κ1) is 13.8. The standard InChI is InChI=1S/C12H17BrClNOS/c1-12(2-4-16-5-3-12)8-15-7-9-6-10(13)11(14)17-9/h6,15H,2-5,7-8H2,1H3. The lowest BCUT2D eigenvalue weighted by molar-refractivity contribution is 0.0240. The van der Waals surface area contributed by atoms with Gasteiger partial charge in [0, 0.05) is 35.7 Å². The van der Waals surface area contributed by atoms with Crippen molar-refractivity contribution in [3.63, 3.8) is 0 Å². The molecule has 0 amide bonds. The maximum Gasteiger partial charge on any atom is 0.107 e. The average Bonchev–Trinajstić information content (AvgIpc) is 2.59. The van der Waals surface area contributed by atoms with E-state index in [0.717, 1.165) is 48.0 Å². The van der Waals surface area contributed by atoms with Gasteiger partial charge in [-0.3, -0.25) is 0 Å². The van der Waals surface area contributed by atoms with Crippen molar-refractivity contribution in [2.75, 3.05) is 19.8 Å². The fourth-order valence-corrected chi connectivity index (χ4v) is 3.77. The fraction of sp³-hybridized carbons (Fsp3) is 0.667. The van der Waals surface area contributed by atoms with E-state index in [1.165, 1.54) is 4.88 Å². The smallest absolute Gasteiger partial charge is 0.107 e. The van der Waals surface area contributed by atoms with Crippen LogP contribution in [-0.2, 0) is 11.3 Å². The molecule has 5 heteroatoms. The fourth-order valence-electron chi connectivity index (χ4n) is 2.01. The van der Waals surface area contributed by atoms with E-state index in [1.54, 1.807) is 11.3 Å². The molecule has 2 heterocycles. The molecular formula is C12H17BrClNOS. The third-order valence-electron chi connectivity index (χ3n) is 3.25. The second kappa shape index (κ2) is 6.02. The number of rotatable bonds is 4. The SMILES string of the molecule is CC1(CNCc2cc(Br)c(Cl)s2)CCOCC1. The summed E-state index contributed by atoms with van der Waals surface area (Å²) in [6.07, 6.45) is 2.30. The molecule has 1 fully saturated rings. The van der Waals surface area contributed by atoms with Crippen LogP contribution in [0.25, 0.3) is 0 Å². The zero-order valence-electron chi connectivity index (χ0n) is 9.89. The summed E-state index contributed by atoms with van der Waals surface area (Å²) < 4.78 is 7.23. The Morgan fingerprint density at radius 1 is 1.53 bits per heavy atom. The van der Waals surface area contributed by atoms with Crippen LogP contribution in [0.3, 0.4) is 0 Å². The van der Waals surface area contributed by atoms with Gasteiger partial charge < -0.3 is 10.1 Å². The van der Waals surface area contributed by atoms with Crippen molar-refractivity contribution >= 4 is 38.9 Å². The lowest BCUT2D eigenvalue weighted by atomic mass is 9.82. The molecular weight excluding hydrogens is 322 g/mol. The largest absolute Gasteiger partial charge is 0.381 e. The Kier molecular flexibility index (Phi) is 4.89. The van der Waals surface area contributed by atoms with E-state index in [-0.39, 0.29) is 0 Å². The van der Waals surface area contributed by atoms with Gasteiger partial charge >= 0.3 is 0 Å². The molecule has 17 heavy (non-hydrogen) atoms. The molecule has 1 saturated heterocycles. The monoisotopic (exact) mass is 337 g/mol. The summed E-state index contributed by atoms with van der Waals surface area (Å²) in [5, 5.41) is 3.53. The van der Waals surface area contributed by atoms with Crippen LogP contribution in [0.15, 0.2) is 10.5 Å². The summed E-state index contributed by atoms with van der Waals surface area (Å²) in [4.78, 5) is 1.28. The summed E-state index contributed by atoms with van der Waals surface area (Å²) >= 11 is 11.1. The molecule has 1 aromatic heterocycles. The Bertz CT molecular complexity index is 357. The Hall–Kier alpha value is 0.390. The predicted molar refractivity (Wildman–Crippen MR) is 76.9 cm³/mol. The zero-order valence-corrected chi connectivity index (χ0v) is 13.1. The molecule has 1 aliphatic rings. The maximum absolute atomic E-state index is 6.01. The molecule has 96 valence electrons. The second-order valence-corrected chi connectivity index (χ2v) is 7.45. The normalized spacial score (nSPS) is 19.5. The lowest BCUT2D eigenvalue weighted by Crippen LogP contribution is -2.36. The summed E-state index contributed by atoms with van der Waals surface area (Å²) in [5.74, 6) is 0. The number of ether oxygens (including phenoxy) is 1. The van der Waals surface area contributed by atoms with Crippen molar-refractivity contribution in [1.29, 1.82) is 0 Å². The Balaban J connectivity index is 1.78. The van der Waals surface area contributed by atoms with Gasteiger partial charge in [-0.05, 0) is 40.3 Å². The van der Waals surface area contributed by atoms with Crippen LogP contribution in [-0.4, -0.2) is 19.8 Å². The quantitative estimate of drug-likeness (QED) is 0.893. The summed E-state index contributed by atoms with van der Waals surface area (Å²) in [7, 11) is 0. The van der Waals surface area contributed by atoms with Gasteiger partial charge in [0.25, 0.3) is 0 Å². The van der Waals surface area contributed by atoms with Crippen molar-refractivity contribution < 1.29 is 4.74 Å². The van der Waals surface area contributed by atoms with Crippen LogP contribution in [0.2, 0.25) is 4.34 Å². The van der Waals surface area contributed by atoms with Crippen LogP contribution in [0, 0.1) is 5.41 Å². The van der Waals surface area contributed by atoms with E-state index in [2.05, 4.69) is 34.2 Å². The Morgan fingerprint density at radius 2 is 2.24 bits per heavy atom. The van der Waals surface area contributed by atoms with E-state index < -0.39 is 0 Å². The maximum atomic E-state index is 6.01. The van der Waals surface area contributed by atoms with E-state index in [4.69, 9.17) is 16.3 Å². The summed E-state index contributed by atoms with van der Waals surface area (Å²) in [6.45, 7) is 6.07. The molecule has 0 saturated carbocycles. The number of halogens is 2. The van der Waals surface area contributed by atoms with Gasteiger partial charge in [-0.2, -0.15) is 0 Å². The topological polar surface area (TPSA) is 21.3 Å². The highest BCUT2D eigenvalue weighted by Gasteiger charge is 2.26. The minimum Gasteiger partial charge on any atom is -0.381 e. The summed E-state index contributed by atoms with van der Waals surface area (Å²) in [5.41, 5.74) is 0.385. The first-order chi connectivity index (χ1) is 8.09. The Labute approximate surface area is 120 Å². The van der Waals surface area contributed by atoms with Gasteiger partial charge in [0.1, 0.15) is 4.34 Å². The van der Waals surface area contributed by atoms with Crippen LogP contribution in [0.5, 0.6) is 0 Å². The highest BCUT2D eigenvalue weighted by Crippen LogP contribution is 2.32. The first-order valence-corrected chi connectivity index (χ1v) is 7.80. The lowest BCUT2D eigenvalue weighted by Gasteiger charge is -2.33. The van der Waals surface area contributed by atoms with Crippen molar-refractivity contribution in [3.05, 3.63) is 19.8 Å². The average molecular weight is 339 g/mol. The van der Waals surface area contributed by atoms with Crippen LogP contribution >= 0.6 is 38.9 Å². The molecule has 1 aliphatic heterocycles. The molecule has 0 radical (unpaired) electrons. The minimum atomic E-state index is 0.385. The van der Waals surface area contributed by atoms with Crippen LogP contribution in [0.4, 0.5) is 0 Å². The van der Waals surface area contributed by atoms with E-state index in [9.17, 15) is 0 Å². The van der Waals surface area contributed by atoms with Crippen molar-refractivity contribution in [3.8, 4) is 0 Å². The van der Waals surface area contributed by atoms with Gasteiger partial charge in [-0.1, -0.05) is 18.5 Å². The van der Waals surface area contributed by atoms with E-state index >= 15 is 0 Å². The van der Waals surface area contributed by atoms with Crippen LogP contribution < -0.4 is 5.32 Å². The highest BCUT2D eigenvalue weighted by molar-refractivity contribution is 9.10. The minimum absolute atomic E-state index is 0.385. The number of thiophene rings is 1. The van der Waals surface area contributed by atoms with Crippen LogP contribution in [0.1, 0.15) is 24.6 Å². The molecule has 0 atom stereocenters. The molecule has 0 aromatic carbocycles. The zero-order chi connectivity index (χ0) is 12.3. The molecule has 0 spiro atoms. The molecule has 1 aromatic rings. The van der Waals surface area contributed by atoms with Crippen molar-refractivity contribution in [2.24, 2.45) is 5.41 Å². The van der Waals surface area contributed by atoms with E-state index in [1.807, 2.05) is 0 Å². The first-order valence-electron chi connectivity index (χ1n) is 5.81. The van der Waals surface area contributed by atoms with Gasteiger partial charge in [0.05, 0.1) is 0 Å². The molecule has 0 bridgehead atoms. The van der Waals surface area contributed by atoms with Gasteiger partial charge in [-0.15, -0.1) is 11.3 Å². The predicted octanol–water partition coefficient (Wildman–Crippen LogP) is 4.07. The van der Waals surface area contributed by atoms with Gasteiger partial charge in [0.15, 0.2) is 0 Å². The molecule has 2 nitrogen and oxygen atoms in total. The number of hydrogen-bond donors (Lipinski definition) is 1. The van der Waals surface area contributed by atoms with Crippen molar-refractivity contribution in [1.82, 2.24) is 5.32 Å². The third kappa shape index (κ3) is 3.93. The summed E-state index contributed by atoms with van der Waals surface area (Å²) in [6, 6.07) is 2.09. The second-order valence-electron chi connectivity index (χ2n) is 4.86. The molecule has 0 aliphatic carbocycles. The molecule has 0 unspecified atom stereocenters. The number of hydrogen-bond acceptors (Lipinski definition) is 3. The molecule has 2 rings (SSSR count). The number of nitrogens with one attached hydrogen (secondary N) is 1. The Morgan fingerprint density at radius 3 is 2.82 bits per heavy atom. The third-order valence-corrected chi connectivity index (χ3v) is 5.72. The van der Waals surface area contributed by atoms with E-state index in [0.29, 0.717) is 5.41 Å². The molecule has 1 N–H and O–H groups in total. The van der Waals surface area contributed by atoms with Gasteiger partial charge in [-0.25, -0.2) is 0 Å². The highest BCUT2D eigenvalue weighted by atomic mass is 79.9.